The molecule has 0 saturated heterocycles. The molecular formula is C16H22N4O5. The second-order valence-corrected chi connectivity index (χ2v) is 7.10. The molecule has 0 saturated carbocycles. The fourth-order valence-electron chi connectivity index (χ4n) is 1.60. The van der Waals surface area contributed by atoms with Crippen LogP contribution in [0.3, 0.4) is 0 Å². The molecule has 0 aromatic carbocycles. The van der Waals surface area contributed by atoms with E-state index in [0.29, 0.717) is 4.90 Å². The van der Waals surface area contributed by atoms with Crippen LogP contribution in [-0.4, -0.2) is 38.5 Å². The monoisotopic (exact) mass is 350 g/mol. The first-order valence-electron chi connectivity index (χ1n) is 7.51. The largest absolute Gasteiger partial charge is 0.443 e. The Bertz CT molecular complexity index is 670. The molecule has 1 aromatic heterocycles. The number of anilines is 1. The van der Waals surface area contributed by atoms with E-state index in [4.69, 9.17) is 14.6 Å². The van der Waals surface area contributed by atoms with Gasteiger partial charge in [0, 0.05) is 0 Å². The number of carbonyl (C=O) groups is 2. The standard InChI is InChI=1S/C16H22N4O5/c1-15(2,3)24-13(22)20(14(23)25-16(4,5)6)12-11(7-17)19-10(9-21)8-18-12/h8,21H,9H2,1-6H3. The highest BCUT2D eigenvalue weighted by molar-refractivity contribution is 6.09. The van der Waals surface area contributed by atoms with E-state index < -0.39 is 30.0 Å². The summed E-state index contributed by atoms with van der Waals surface area (Å²) in [5.74, 6) is -0.330. The minimum Gasteiger partial charge on any atom is -0.443 e. The molecular weight excluding hydrogens is 328 g/mol. The Kier molecular flexibility index (Phi) is 6.05. The molecule has 0 spiro atoms. The SMILES string of the molecule is CC(C)(C)OC(=O)N(C(=O)OC(C)(C)C)c1ncc(CO)nc1C#N. The van der Waals surface area contributed by atoms with Gasteiger partial charge in [-0.3, -0.25) is 0 Å². The van der Waals surface area contributed by atoms with Crippen LogP contribution in [0.1, 0.15) is 52.9 Å². The Labute approximate surface area is 146 Å². The molecule has 1 heterocycles. The Morgan fingerprint density at radius 3 is 2.00 bits per heavy atom. The van der Waals surface area contributed by atoms with E-state index >= 15 is 0 Å². The van der Waals surface area contributed by atoms with Crippen molar-refractivity contribution in [1.82, 2.24) is 9.97 Å². The summed E-state index contributed by atoms with van der Waals surface area (Å²) in [6.45, 7) is 9.33. The fraction of sp³-hybridized carbons (Fsp3) is 0.562. The zero-order valence-electron chi connectivity index (χ0n) is 15.2. The van der Waals surface area contributed by atoms with E-state index in [1.807, 2.05) is 0 Å². The molecule has 0 aliphatic rings. The minimum absolute atomic E-state index is 0.119. The summed E-state index contributed by atoms with van der Waals surface area (Å²) < 4.78 is 10.4. The molecule has 136 valence electrons. The number of hydrogen-bond acceptors (Lipinski definition) is 8. The van der Waals surface area contributed by atoms with E-state index in [0.717, 1.165) is 6.20 Å². The third kappa shape index (κ3) is 6.00. The highest BCUT2D eigenvalue weighted by atomic mass is 16.6. The number of nitrogens with zero attached hydrogens (tertiary/aromatic N) is 4. The molecule has 0 radical (unpaired) electrons. The van der Waals surface area contributed by atoms with Gasteiger partial charge in [-0.1, -0.05) is 0 Å². The number of amides is 2. The summed E-state index contributed by atoms with van der Waals surface area (Å²) in [4.78, 5) is 33.2. The van der Waals surface area contributed by atoms with Crippen LogP contribution in [0.4, 0.5) is 15.4 Å². The average Bonchev–Trinajstić information content (AvgIpc) is 2.43. The molecule has 1 rings (SSSR count). The molecule has 1 N–H and O–H groups in total. The number of aliphatic hydroxyl groups excluding tert-OH is 1. The van der Waals surface area contributed by atoms with Gasteiger partial charge in [0.1, 0.15) is 17.3 Å². The summed E-state index contributed by atoms with van der Waals surface area (Å²) in [6, 6.07) is 1.74. The van der Waals surface area contributed by atoms with Crippen LogP contribution in [-0.2, 0) is 16.1 Å². The summed E-state index contributed by atoms with van der Waals surface area (Å²) in [7, 11) is 0. The number of rotatable bonds is 2. The first kappa shape index (κ1) is 20.3. The van der Waals surface area contributed by atoms with Crippen LogP contribution >= 0.6 is 0 Å². The molecule has 0 bridgehead atoms. The van der Waals surface area contributed by atoms with Crippen molar-refractivity contribution in [2.75, 3.05) is 4.90 Å². The molecule has 2 amide bonds. The molecule has 9 heteroatoms. The Morgan fingerprint density at radius 2 is 1.64 bits per heavy atom. The van der Waals surface area contributed by atoms with Crippen LogP contribution < -0.4 is 4.90 Å². The summed E-state index contributed by atoms with van der Waals surface area (Å²) >= 11 is 0. The van der Waals surface area contributed by atoms with Crippen molar-refractivity contribution in [3.05, 3.63) is 17.6 Å². The number of ether oxygens (including phenoxy) is 2. The van der Waals surface area contributed by atoms with Gasteiger partial charge in [0.05, 0.1) is 18.5 Å². The lowest BCUT2D eigenvalue weighted by molar-refractivity contribution is 0.0428. The van der Waals surface area contributed by atoms with Gasteiger partial charge < -0.3 is 14.6 Å². The molecule has 0 aliphatic carbocycles. The second kappa shape index (κ2) is 7.44. The molecule has 0 fully saturated rings. The van der Waals surface area contributed by atoms with E-state index in [1.165, 1.54) is 0 Å². The predicted octanol–water partition coefficient (Wildman–Crippen LogP) is 2.52. The Morgan fingerprint density at radius 1 is 1.16 bits per heavy atom. The lowest BCUT2D eigenvalue weighted by atomic mass is 10.2. The molecule has 1 aromatic rings. The maximum Gasteiger partial charge on any atom is 0.425 e. The van der Waals surface area contributed by atoms with Crippen LogP contribution in [0.2, 0.25) is 0 Å². The molecule has 0 unspecified atom stereocenters. The number of carbonyl (C=O) groups excluding carboxylic acids is 2. The van der Waals surface area contributed by atoms with Gasteiger partial charge in [0.2, 0.25) is 0 Å². The van der Waals surface area contributed by atoms with E-state index in [9.17, 15) is 14.9 Å². The maximum atomic E-state index is 12.5. The minimum atomic E-state index is -1.05. The van der Waals surface area contributed by atoms with E-state index in [2.05, 4.69) is 9.97 Å². The number of aliphatic hydroxyl groups is 1. The predicted molar refractivity (Wildman–Crippen MR) is 87.6 cm³/mol. The highest BCUT2D eigenvalue weighted by Gasteiger charge is 2.35. The fourth-order valence-corrected chi connectivity index (χ4v) is 1.60. The van der Waals surface area contributed by atoms with Gasteiger partial charge >= 0.3 is 12.2 Å². The van der Waals surface area contributed by atoms with Gasteiger partial charge in [-0.15, -0.1) is 0 Å². The van der Waals surface area contributed by atoms with Crippen LogP contribution in [0.5, 0.6) is 0 Å². The molecule has 0 atom stereocenters. The van der Waals surface area contributed by atoms with Gasteiger partial charge in [0.25, 0.3) is 0 Å². The average molecular weight is 350 g/mol. The molecule has 0 aliphatic heterocycles. The van der Waals surface area contributed by atoms with Crippen molar-refractivity contribution >= 4 is 18.0 Å². The Balaban J connectivity index is 3.39. The maximum absolute atomic E-state index is 12.5. The summed E-state index contributed by atoms with van der Waals surface area (Å²) in [5.41, 5.74) is -1.97. The zero-order chi connectivity index (χ0) is 19.4. The third-order valence-corrected chi connectivity index (χ3v) is 2.43. The first-order chi connectivity index (χ1) is 11.4. The Hall–Kier alpha value is -2.73. The topological polar surface area (TPSA) is 126 Å². The van der Waals surface area contributed by atoms with Crippen molar-refractivity contribution in [2.24, 2.45) is 0 Å². The van der Waals surface area contributed by atoms with Gasteiger partial charge in [0.15, 0.2) is 11.5 Å². The normalized spacial score (nSPS) is 11.4. The number of nitriles is 1. The summed E-state index contributed by atoms with van der Waals surface area (Å²) in [5, 5.41) is 18.4. The van der Waals surface area contributed by atoms with Gasteiger partial charge in [-0.2, -0.15) is 10.2 Å². The number of hydrogen-bond donors (Lipinski definition) is 1. The highest BCUT2D eigenvalue weighted by Crippen LogP contribution is 2.22. The van der Waals surface area contributed by atoms with Gasteiger partial charge in [-0.05, 0) is 41.5 Å². The number of aromatic nitrogens is 2. The zero-order valence-corrected chi connectivity index (χ0v) is 15.2. The van der Waals surface area contributed by atoms with Crippen molar-refractivity contribution in [3.63, 3.8) is 0 Å². The number of imide groups is 1. The van der Waals surface area contributed by atoms with E-state index in [1.54, 1.807) is 47.6 Å². The van der Waals surface area contributed by atoms with Crippen molar-refractivity contribution < 1.29 is 24.2 Å². The quantitative estimate of drug-likeness (QED) is 0.862. The van der Waals surface area contributed by atoms with Crippen LogP contribution in [0.25, 0.3) is 0 Å². The molecule has 25 heavy (non-hydrogen) atoms. The third-order valence-electron chi connectivity index (χ3n) is 2.43. The van der Waals surface area contributed by atoms with Crippen molar-refractivity contribution in [2.45, 2.75) is 59.4 Å². The smallest absolute Gasteiger partial charge is 0.425 e. The first-order valence-corrected chi connectivity index (χ1v) is 7.51. The van der Waals surface area contributed by atoms with Crippen LogP contribution in [0.15, 0.2) is 6.20 Å². The van der Waals surface area contributed by atoms with Crippen molar-refractivity contribution in [1.29, 1.82) is 5.26 Å². The lowest BCUT2D eigenvalue weighted by Gasteiger charge is -2.28. The molecule has 9 nitrogen and oxygen atoms in total. The second-order valence-electron chi connectivity index (χ2n) is 7.10. The lowest BCUT2D eigenvalue weighted by Crippen LogP contribution is -2.44. The van der Waals surface area contributed by atoms with Crippen molar-refractivity contribution in [3.8, 4) is 6.07 Å². The van der Waals surface area contributed by atoms with Gasteiger partial charge in [-0.25, -0.2) is 19.6 Å². The van der Waals surface area contributed by atoms with Crippen LogP contribution in [0, 0.1) is 11.3 Å². The summed E-state index contributed by atoms with van der Waals surface area (Å²) in [6.07, 6.45) is -0.952. The van der Waals surface area contributed by atoms with E-state index in [-0.39, 0.29) is 17.2 Å².